The fourth-order valence-electron chi connectivity index (χ4n) is 7.08. The van der Waals surface area contributed by atoms with E-state index in [1.807, 2.05) is 0 Å². The summed E-state index contributed by atoms with van der Waals surface area (Å²) in [6.45, 7) is 12.8. The van der Waals surface area contributed by atoms with E-state index in [1.165, 1.54) is 154 Å². The molecule has 1 heterocycles. The van der Waals surface area contributed by atoms with E-state index in [-0.39, 0.29) is 11.8 Å². The van der Waals surface area contributed by atoms with Gasteiger partial charge in [-0.3, -0.25) is 9.59 Å². The van der Waals surface area contributed by atoms with Crippen LogP contribution in [-0.4, -0.2) is 74.0 Å². The van der Waals surface area contributed by atoms with E-state index in [0.717, 1.165) is 78.0 Å². The van der Waals surface area contributed by atoms with Gasteiger partial charge in [-0.2, -0.15) is 0 Å². The predicted octanol–water partition coefficient (Wildman–Crippen LogP) is 10.6. The third-order valence-corrected chi connectivity index (χ3v) is 10.4. The van der Waals surface area contributed by atoms with E-state index in [0.29, 0.717) is 12.8 Å². The van der Waals surface area contributed by atoms with Crippen molar-refractivity contribution in [1.82, 2.24) is 20.4 Å². The van der Waals surface area contributed by atoms with Crippen LogP contribution in [-0.2, 0) is 9.59 Å². The van der Waals surface area contributed by atoms with Crippen molar-refractivity contribution in [3.8, 4) is 0 Å². The van der Waals surface area contributed by atoms with E-state index in [1.54, 1.807) is 0 Å². The molecular formula is C42H84N4O2. The van der Waals surface area contributed by atoms with E-state index in [2.05, 4.69) is 34.3 Å². The molecule has 0 aromatic rings. The van der Waals surface area contributed by atoms with Gasteiger partial charge in [0.2, 0.25) is 11.8 Å². The summed E-state index contributed by atoms with van der Waals surface area (Å²) in [5.41, 5.74) is 0. The molecule has 0 atom stereocenters. The highest BCUT2D eigenvalue weighted by molar-refractivity contribution is 5.76. The van der Waals surface area contributed by atoms with Crippen LogP contribution >= 0.6 is 0 Å². The zero-order chi connectivity index (χ0) is 34.6. The van der Waals surface area contributed by atoms with Gasteiger partial charge in [-0.05, 0) is 38.8 Å². The number of rotatable bonds is 36. The molecule has 1 fully saturated rings. The molecule has 2 amide bonds. The maximum Gasteiger partial charge on any atom is 0.219 e. The van der Waals surface area contributed by atoms with Gasteiger partial charge in [-0.25, -0.2) is 0 Å². The molecule has 284 valence electrons. The monoisotopic (exact) mass is 677 g/mol. The average molecular weight is 677 g/mol. The maximum atomic E-state index is 12.2. The van der Waals surface area contributed by atoms with Gasteiger partial charge in [0.25, 0.3) is 0 Å². The van der Waals surface area contributed by atoms with Crippen molar-refractivity contribution in [3.05, 3.63) is 0 Å². The highest BCUT2D eigenvalue weighted by Gasteiger charge is 2.16. The molecule has 2 N–H and O–H groups in total. The Morgan fingerprint density at radius 3 is 0.896 bits per heavy atom. The zero-order valence-electron chi connectivity index (χ0n) is 32.6. The van der Waals surface area contributed by atoms with Crippen LogP contribution in [0.25, 0.3) is 0 Å². The summed E-state index contributed by atoms with van der Waals surface area (Å²) >= 11 is 0. The summed E-state index contributed by atoms with van der Waals surface area (Å²) in [6.07, 6.45) is 38.4. The lowest BCUT2D eigenvalue weighted by Crippen LogP contribution is -2.47. The Labute approximate surface area is 300 Å². The summed E-state index contributed by atoms with van der Waals surface area (Å²) in [7, 11) is 0. The second-order valence-corrected chi connectivity index (χ2v) is 15.1. The van der Waals surface area contributed by atoms with Crippen molar-refractivity contribution in [3.63, 3.8) is 0 Å². The molecule has 1 saturated heterocycles. The minimum atomic E-state index is 0.235. The largest absolute Gasteiger partial charge is 0.356 e. The molecule has 0 unspecified atom stereocenters. The molecule has 0 saturated carbocycles. The molecule has 6 nitrogen and oxygen atoms in total. The second kappa shape index (κ2) is 35.7. The highest BCUT2D eigenvalue weighted by atomic mass is 16.2. The number of carbonyl (C=O) groups excluding carboxylic acids is 2. The van der Waals surface area contributed by atoms with Gasteiger partial charge < -0.3 is 20.4 Å². The minimum absolute atomic E-state index is 0.235. The van der Waals surface area contributed by atoms with Crippen molar-refractivity contribution in [2.24, 2.45) is 0 Å². The summed E-state index contributed by atoms with van der Waals surface area (Å²) in [5, 5.41) is 6.29. The maximum absolute atomic E-state index is 12.2. The van der Waals surface area contributed by atoms with Gasteiger partial charge in [0.05, 0.1) is 0 Å². The number of nitrogens with one attached hydrogen (secondary N) is 2. The van der Waals surface area contributed by atoms with Crippen molar-refractivity contribution >= 4 is 11.8 Å². The minimum Gasteiger partial charge on any atom is -0.356 e. The Balaban J connectivity index is 1.82. The molecule has 0 radical (unpaired) electrons. The molecule has 0 aliphatic carbocycles. The van der Waals surface area contributed by atoms with E-state index >= 15 is 0 Å². The summed E-state index contributed by atoms with van der Waals surface area (Å²) in [6, 6.07) is 0. The number of carbonyl (C=O) groups is 2. The molecule has 6 heteroatoms. The van der Waals surface area contributed by atoms with Gasteiger partial charge in [0.15, 0.2) is 0 Å². The molecule has 1 aliphatic rings. The second-order valence-electron chi connectivity index (χ2n) is 15.1. The lowest BCUT2D eigenvalue weighted by atomic mass is 10.0. The molecule has 0 aromatic heterocycles. The van der Waals surface area contributed by atoms with Crippen LogP contribution in [0.5, 0.6) is 0 Å². The summed E-state index contributed by atoms with van der Waals surface area (Å²) in [4.78, 5) is 29.5. The number of hydrogen-bond acceptors (Lipinski definition) is 4. The SMILES string of the molecule is CCCCCCCCCCCCCCCC(=O)NCCCN1CCN(CCCNC(=O)CCCCCCCCCCCCCCC)CC1. The van der Waals surface area contributed by atoms with Gasteiger partial charge in [-0.1, -0.05) is 168 Å². The first-order valence-corrected chi connectivity index (χ1v) is 21.6. The average Bonchev–Trinajstić information content (AvgIpc) is 3.09. The van der Waals surface area contributed by atoms with E-state index in [9.17, 15) is 9.59 Å². The Hall–Kier alpha value is -1.14. The van der Waals surface area contributed by atoms with Crippen LogP contribution in [0.3, 0.4) is 0 Å². The lowest BCUT2D eigenvalue weighted by Gasteiger charge is -2.34. The first-order valence-electron chi connectivity index (χ1n) is 21.6. The lowest BCUT2D eigenvalue weighted by molar-refractivity contribution is -0.122. The van der Waals surface area contributed by atoms with Crippen LogP contribution in [0.4, 0.5) is 0 Å². The molecule has 1 aliphatic heterocycles. The van der Waals surface area contributed by atoms with Crippen LogP contribution in [0.15, 0.2) is 0 Å². The number of hydrogen-bond donors (Lipinski definition) is 2. The van der Waals surface area contributed by atoms with Crippen LogP contribution in [0.2, 0.25) is 0 Å². The number of amides is 2. The molecule has 0 aromatic carbocycles. The molecule has 1 rings (SSSR count). The molecule has 0 bridgehead atoms. The number of unbranched alkanes of at least 4 members (excludes halogenated alkanes) is 24. The standard InChI is InChI=1S/C42H84N4O2/c1-3-5-7-9-11-13-15-17-19-21-23-25-27-31-41(47)43-33-29-35-45-37-39-46(40-38-45)36-30-34-44-42(48)32-28-26-24-22-20-18-16-14-12-10-8-6-4-2/h3-40H2,1-2H3,(H,43,47)(H,44,48). The Morgan fingerprint density at radius 2 is 0.625 bits per heavy atom. The van der Waals surface area contributed by atoms with Crippen molar-refractivity contribution < 1.29 is 9.59 Å². The normalized spacial score (nSPS) is 14.0. The highest BCUT2D eigenvalue weighted by Crippen LogP contribution is 2.14. The molecular weight excluding hydrogens is 592 g/mol. The third-order valence-electron chi connectivity index (χ3n) is 10.4. The Bertz CT molecular complexity index is 637. The fraction of sp³-hybridized carbons (Fsp3) is 0.952. The number of piperazine rings is 1. The van der Waals surface area contributed by atoms with Gasteiger partial charge in [-0.15, -0.1) is 0 Å². The van der Waals surface area contributed by atoms with Crippen LogP contribution in [0.1, 0.15) is 206 Å². The molecule has 0 spiro atoms. The topological polar surface area (TPSA) is 64.7 Å². The molecule has 48 heavy (non-hydrogen) atoms. The third kappa shape index (κ3) is 30.9. The van der Waals surface area contributed by atoms with Gasteiger partial charge in [0, 0.05) is 52.1 Å². The fourth-order valence-corrected chi connectivity index (χ4v) is 7.08. The predicted molar refractivity (Wildman–Crippen MR) is 209 cm³/mol. The smallest absolute Gasteiger partial charge is 0.219 e. The van der Waals surface area contributed by atoms with Crippen molar-refractivity contribution in [2.45, 2.75) is 206 Å². The summed E-state index contributed by atoms with van der Waals surface area (Å²) in [5.74, 6) is 0.471. The van der Waals surface area contributed by atoms with Crippen LogP contribution < -0.4 is 10.6 Å². The Kier molecular flexibility index (Phi) is 33.4. The van der Waals surface area contributed by atoms with E-state index < -0.39 is 0 Å². The van der Waals surface area contributed by atoms with E-state index in [4.69, 9.17) is 0 Å². The van der Waals surface area contributed by atoms with Crippen molar-refractivity contribution in [2.75, 3.05) is 52.4 Å². The van der Waals surface area contributed by atoms with Gasteiger partial charge in [0.1, 0.15) is 0 Å². The first kappa shape index (κ1) is 44.9. The zero-order valence-corrected chi connectivity index (χ0v) is 32.6. The summed E-state index contributed by atoms with van der Waals surface area (Å²) < 4.78 is 0. The first-order chi connectivity index (χ1) is 23.7. The Morgan fingerprint density at radius 1 is 0.375 bits per heavy atom. The number of nitrogens with zero attached hydrogens (tertiary/aromatic N) is 2. The van der Waals surface area contributed by atoms with Gasteiger partial charge >= 0.3 is 0 Å². The van der Waals surface area contributed by atoms with Crippen molar-refractivity contribution in [1.29, 1.82) is 0 Å². The van der Waals surface area contributed by atoms with Crippen LogP contribution in [0, 0.1) is 0 Å². The quantitative estimate of drug-likeness (QED) is 0.0648.